The van der Waals surface area contributed by atoms with Crippen molar-refractivity contribution in [3.63, 3.8) is 0 Å². The molecule has 0 saturated heterocycles. The molecule has 1 aliphatic rings. The zero-order valence-electron chi connectivity index (χ0n) is 13.6. The number of hydrogen-bond donors (Lipinski definition) is 1. The lowest BCUT2D eigenvalue weighted by molar-refractivity contribution is 0.0562. The summed E-state index contributed by atoms with van der Waals surface area (Å²) in [6.07, 6.45) is 6.62. The Morgan fingerprint density at radius 2 is 2.10 bits per heavy atom. The molecule has 4 heteroatoms. The van der Waals surface area contributed by atoms with Crippen LogP contribution in [0.25, 0.3) is 0 Å². The van der Waals surface area contributed by atoms with E-state index in [4.69, 9.17) is 9.15 Å². The van der Waals surface area contributed by atoms with Gasteiger partial charge in [-0.2, -0.15) is 0 Å². The Morgan fingerprint density at radius 1 is 1.38 bits per heavy atom. The van der Waals surface area contributed by atoms with Crippen molar-refractivity contribution in [1.82, 2.24) is 5.32 Å². The van der Waals surface area contributed by atoms with Gasteiger partial charge in [-0.3, -0.25) is 0 Å². The normalized spacial score (nSPS) is 23.0. The van der Waals surface area contributed by atoms with E-state index in [1.54, 1.807) is 6.26 Å². The van der Waals surface area contributed by atoms with E-state index in [1.165, 1.54) is 32.8 Å². The fourth-order valence-corrected chi connectivity index (χ4v) is 3.40. The van der Waals surface area contributed by atoms with Crippen LogP contribution in [0.5, 0.6) is 0 Å². The highest BCUT2D eigenvalue weighted by molar-refractivity contribution is 5.87. The number of carbonyl (C=O) groups excluding carboxylic acids is 1. The lowest BCUT2D eigenvalue weighted by atomic mass is 9.69. The van der Waals surface area contributed by atoms with E-state index in [2.05, 4.69) is 26.1 Å². The highest BCUT2D eigenvalue weighted by Gasteiger charge is 2.34. The van der Waals surface area contributed by atoms with Crippen LogP contribution in [-0.2, 0) is 11.3 Å². The minimum Gasteiger partial charge on any atom is -0.463 e. The average molecular weight is 293 g/mol. The zero-order valence-corrected chi connectivity index (χ0v) is 13.6. The number of rotatable bonds is 4. The first-order chi connectivity index (χ1) is 9.93. The van der Waals surface area contributed by atoms with Crippen molar-refractivity contribution in [2.75, 3.05) is 7.11 Å². The van der Waals surface area contributed by atoms with E-state index >= 15 is 0 Å². The highest BCUT2D eigenvalue weighted by atomic mass is 16.5. The first kappa shape index (κ1) is 16.1. The van der Waals surface area contributed by atoms with E-state index in [1.807, 2.05) is 6.07 Å². The molecule has 0 radical (unpaired) electrons. The van der Waals surface area contributed by atoms with Crippen LogP contribution in [0.3, 0.4) is 0 Å². The van der Waals surface area contributed by atoms with Crippen molar-refractivity contribution in [3.8, 4) is 0 Å². The van der Waals surface area contributed by atoms with Crippen LogP contribution in [0.4, 0.5) is 0 Å². The third-order valence-corrected chi connectivity index (χ3v) is 4.55. The van der Waals surface area contributed by atoms with Gasteiger partial charge >= 0.3 is 5.97 Å². The summed E-state index contributed by atoms with van der Waals surface area (Å²) in [5, 5.41) is 3.63. The van der Waals surface area contributed by atoms with E-state index in [0.717, 1.165) is 5.56 Å². The van der Waals surface area contributed by atoms with Crippen LogP contribution in [0, 0.1) is 11.3 Å². The van der Waals surface area contributed by atoms with E-state index in [0.29, 0.717) is 29.7 Å². The van der Waals surface area contributed by atoms with Crippen molar-refractivity contribution in [2.45, 2.75) is 59.0 Å². The maximum Gasteiger partial charge on any atom is 0.374 e. The Bertz CT molecular complexity index is 473. The number of hydrogen-bond acceptors (Lipinski definition) is 4. The number of nitrogens with one attached hydrogen (secondary N) is 1. The van der Waals surface area contributed by atoms with Crippen molar-refractivity contribution in [2.24, 2.45) is 11.3 Å². The summed E-state index contributed by atoms with van der Waals surface area (Å²) in [5.74, 6) is 0.570. The van der Waals surface area contributed by atoms with E-state index in [-0.39, 0.29) is 0 Å². The molecule has 2 rings (SSSR count). The van der Waals surface area contributed by atoms with Gasteiger partial charge in [0.2, 0.25) is 5.76 Å². The molecule has 1 aromatic rings. The summed E-state index contributed by atoms with van der Waals surface area (Å²) in [6.45, 7) is 7.60. The molecule has 1 saturated carbocycles. The minimum atomic E-state index is -0.409. The van der Waals surface area contributed by atoms with Gasteiger partial charge < -0.3 is 14.5 Å². The van der Waals surface area contributed by atoms with Crippen molar-refractivity contribution < 1.29 is 13.9 Å². The first-order valence-corrected chi connectivity index (χ1v) is 7.81. The summed E-state index contributed by atoms with van der Waals surface area (Å²) in [6, 6.07) is 2.34. The third-order valence-electron chi connectivity index (χ3n) is 4.55. The van der Waals surface area contributed by atoms with Gasteiger partial charge in [0.15, 0.2) is 0 Å². The lowest BCUT2D eigenvalue weighted by Crippen LogP contribution is -2.44. The second-order valence-electron chi connectivity index (χ2n) is 7.01. The predicted octanol–water partition coefficient (Wildman–Crippen LogP) is 3.76. The molecule has 0 spiro atoms. The van der Waals surface area contributed by atoms with Gasteiger partial charge in [0.05, 0.1) is 13.4 Å². The Hall–Kier alpha value is -1.29. The average Bonchev–Trinajstić information content (AvgIpc) is 2.92. The maximum atomic E-state index is 11.6. The molecular weight excluding hydrogens is 266 g/mol. The molecule has 1 heterocycles. The molecule has 1 aliphatic carbocycles. The van der Waals surface area contributed by atoms with Crippen LogP contribution >= 0.6 is 0 Å². The fourth-order valence-electron chi connectivity index (χ4n) is 3.40. The molecule has 0 aliphatic heterocycles. The summed E-state index contributed by atoms with van der Waals surface area (Å²) in [7, 11) is 1.37. The van der Waals surface area contributed by atoms with Crippen LogP contribution < -0.4 is 5.32 Å². The smallest absolute Gasteiger partial charge is 0.374 e. The monoisotopic (exact) mass is 293 g/mol. The molecule has 1 fully saturated rings. The van der Waals surface area contributed by atoms with E-state index < -0.39 is 5.97 Å². The summed E-state index contributed by atoms with van der Waals surface area (Å²) in [4.78, 5) is 11.6. The Kier molecular flexibility index (Phi) is 5.09. The van der Waals surface area contributed by atoms with Crippen LogP contribution in [0.15, 0.2) is 16.7 Å². The summed E-state index contributed by atoms with van der Waals surface area (Å²) >= 11 is 0. The zero-order chi connectivity index (χ0) is 15.5. The summed E-state index contributed by atoms with van der Waals surface area (Å²) in [5.41, 5.74) is 1.18. The number of carbonyl (C=O) groups is 1. The van der Waals surface area contributed by atoms with Gasteiger partial charge in [0.25, 0.3) is 0 Å². The quantitative estimate of drug-likeness (QED) is 0.859. The molecule has 1 N–H and O–H groups in total. The number of methoxy groups -OCH3 is 1. The van der Waals surface area contributed by atoms with Gasteiger partial charge in [-0.25, -0.2) is 4.79 Å². The first-order valence-electron chi connectivity index (χ1n) is 7.81. The van der Waals surface area contributed by atoms with Crippen molar-refractivity contribution in [1.29, 1.82) is 0 Å². The number of esters is 1. The molecule has 0 aromatic carbocycles. The molecule has 0 bridgehead atoms. The SMILES string of the molecule is COC(=O)c1occc1CNC1CCCCC1C(C)(C)C. The molecule has 1 aromatic heterocycles. The molecular formula is C17H27NO3. The van der Waals surface area contributed by atoms with Gasteiger partial charge in [-0.1, -0.05) is 33.6 Å². The predicted molar refractivity (Wildman–Crippen MR) is 82.1 cm³/mol. The molecule has 2 atom stereocenters. The second kappa shape index (κ2) is 6.65. The van der Waals surface area contributed by atoms with E-state index in [9.17, 15) is 4.79 Å². The van der Waals surface area contributed by atoms with Gasteiger partial charge in [0, 0.05) is 18.2 Å². The maximum absolute atomic E-state index is 11.6. The Labute approximate surface area is 127 Å². The topological polar surface area (TPSA) is 51.5 Å². The Balaban J connectivity index is 2.01. The molecule has 21 heavy (non-hydrogen) atoms. The second-order valence-corrected chi connectivity index (χ2v) is 7.01. The molecule has 0 amide bonds. The van der Waals surface area contributed by atoms with Crippen LogP contribution in [0.1, 0.15) is 62.6 Å². The largest absolute Gasteiger partial charge is 0.463 e. The van der Waals surface area contributed by atoms with Gasteiger partial charge in [0.1, 0.15) is 0 Å². The Morgan fingerprint density at radius 3 is 2.76 bits per heavy atom. The highest BCUT2D eigenvalue weighted by Crippen LogP contribution is 2.38. The molecule has 118 valence electrons. The van der Waals surface area contributed by atoms with Crippen LogP contribution in [0.2, 0.25) is 0 Å². The number of furan rings is 1. The molecule has 4 nitrogen and oxygen atoms in total. The van der Waals surface area contributed by atoms with Crippen LogP contribution in [-0.4, -0.2) is 19.1 Å². The molecule has 2 unspecified atom stereocenters. The number of ether oxygens (including phenoxy) is 1. The van der Waals surface area contributed by atoms with Gasteiger partial charge in [-0.05, 0) is 30.2 Å². The standard InChI is InChI=1S/C17H27NO3/c1-17(2,3)13-7-5-6-8-14(13)18-11-12-9-10-21-15(12)16(19)20-4/h9-10,13-14,18H,5-8,11H2,1-4H3. The minimum absolute atomic E-state index is 0.305. The lowest BCUT2D eigenvalue weighted by Gasteiger charge is -2.41. The summed E-state index contributed by atoms with van der Waals surface area (Å²) < 4.78 is 9.98. The third kappa shape index (κ3) is 3.88. The van der Waals surface area contributed by atoms with Gasteiger partial charge in [-0.15, -0.1) is 0 Å². The van der Waals surface area contributed by atoms with Crippen molar-refractivity contribution >= 4 is 5.97 Å². The van der Waals surface area contributed by atoms with Crippen molar-refractivity contribution in [3.05, 3.63) is 23.7 Å². The fraction of sp³-hybridized carbons (Fsp3) is 0.706.